The van der Waals surface area contributed by atoms with Gasteiger partial charge in [0.05, 0.1) is 11.7 Å². The molecule has 2 aliphatic rings. The van der Waals surface area contributed by atoms with Gasteiger partial charge in [-0.05, 0) is 50.7 Å². The van der Waals surface area contributed by atoms with Gasteiger partial charge in [-0.2, -0.15) is 13.2 Å². The lowest BCUT2D eigenvalue weighted by atomic mass is 9.93. The Balaban J connectivity index is 1.61. The molecule has 0 saturated heterocycles. The van der Waals surface area contributed by atoms with Crippen LogP contribution >= 0.6 is 0 Å². The molecule has 1 aromatic carbocycles. The van der Waals surface area contributed by atoms with E-state index in [4.69, 9.17) is 4.52 Å². The first-order valence-corrected chi connectivity index (χ1v) is 10.3. The van der Waals surface area contributed by atoms with Crippen molar-refractivity contribution in [3.05, 3.63) is 40.8 Å². The molecular formula is C21H23F4N3O3. The summed E-state index contributed by atoms with van der Waals surface area (Å²) in [6.45, 7) is 0.211. The van der Waals surface area contributed by atoms with Crippen LogP contribution in [0.4, 0.5) is 17.6 Å². The number of carbonyl (C=O) groups is 1. The fourth-order valence-electron chi connectivity index (χ4n) is 3.85. The van der Waals surface area contributed by atoms with Gasteiger partial charge in [0.25, 0.3) is 5.91 Å². The third-order valence-corrected chi connectivity index (χ3v) is 5.67. The van der Waals surface area contributed by atoms with E-state index >= 15 is 0 Å². The summed E-state index contributed by atoms with van der Waals surface area (Å²) in [5.41, 5.74) is -0.941. The van der Waals surface area contributed by atoms with Gasteiger partial charge in [-0.15, -0.1) is 0 Å². The zero-order chi connectivity index (χ0) is 22.2. The van der Waals surface area contributed by atoms with Crippen molar-refractivity contribution in [2.45, 2.75) is 69.4 Å². The van der Waals surface area contributed by atoms with Crippen LogP contribution in [-0.4, -0.2) is 34.4 Å². The fourth-order valence-corrected chi connectivity index (χ4v) is 3.85. The van der Waals surface area contributed by atoms with Crippen LogP contribution in [0.15, 0.2) is 22.7 Å². The Bertz CT molecular complexity index is 956. The van der Waals surface area contributed by atoms with Crippen molar-refractivity contribution in [1.29, 1.82) is 0 Å². The van der Waals surface area contributed by atoms with E-state index in [9.17, 15) is 27.5 Å². The minimum absolute atomic E-state index is 0.00326. The van der Waals surface area contributed by atoms with E-state index in [1.54, 1.807) is 0 Å². The molecular weight excluding hydrogens is 418 g/mol. The second-order valence-corrected chi connectivity index (χ2v) is 8.18. The Kier molecular flexibility index (Phi) is 6.02. The molecule has 0 unspecified atom stereocenters. The van der Waals surface area contributed by atoms with E-state index in [0.29, 0.717) is 24.5 Å². The van der Waals surface area contributed by atoms with E-state index in [-0.39, 0.29) is 35.6 Å². The Morgan fingerprint density at radius 3 is 2.61 bits per heavy atom. The first-order chi connectivity index (χ1) is 14.7. The van der Waals surface area contributed by atoms with Crippen molar-refractivity contribution >= 4 is 5.91 Å². The number of amides is 1. The summed E-state index contributed by atoms with van der Waals surface area (Å²) in [5.74, 6) is -1.87. The van der Waals surface area contributed by atoms with E-state index < -0.39 is 29.6 Å². The van der Waals surface area contributed by atoms with Gasteiger partial charge in [-0.25, -0.2) is 4.39 Å². The van der Waals surface area contributed by atoms with E-state index in [2.05, 4.69) is 15.8 Å². The van der Waals surface area contributed by atoms with Crippen LogP contribution in [0.25, 0.3) is 11.3 Å². The van der Waals surface area contributed by atoms with Gasteiger partial charge >= 0.3 is 6.18 Å². The molecule has 2 aromatic rings. The Hall–Kier alpha value is -2.46. The normalized spacial score (nSPS) is 21.8. The monoisotopic (exact) mass is 441 g/mol. The van der Waals surface area contributed by atoms with Crippen LogP contribution in [0.1, 0.15) is 60.1 Å². The van der Waals surface area contributed by atoms with Crippen LogP contribution in [0.5, 0.6) is 0 Å². The Labute approximate surface area is 176 Å². The van der Waals surface area contributed by atoms with Crippen LogP contribution in [0.2, 0.25) is 0 Å². The quantitative estimate of drug-likeness (QED) is 0.594. The Morgan fingerprint density at radius 2 is 1.97 bits per heavy atom. The molecule has 31 heavy (non-hydrogen) atoms. The van der Waals surface area contributed by atoms with Crippen LogP contribution in [0.3, 0.4) is 0 Å². The molecule has 2 aliphatic carbocycles. The third kappa shape index (κ3) is 5.07. The molecule has 4 rings (SSSR count). The highest BCUT2D eigenvalue weighted by atomic mass is 19.4. The second kappa shape index (κ2) is 8.58. The lowest BCUT2D eigenvalue weighted by Crippen LogP contribution is -2.40. The molecule has 0 bridgehead atoms. The molecule has 0 radical (unpaired) electrons. The molecule has 0 spiro atoms. The van der Waals surface area contributed by atoms with Gasteiger partial charge < -0.3 is 20.3 Å². The number of halogens is 4. The van der Waals surface area contributed by atoms with Gasteiger partial charge in [0.1, 0.15) is 5.82 Å². The first-order valence-electron chi connectivity index (χ1n) is 10.3. The largest absolute Gasteiger partial charge is 0.419 e. The topological polar surface area (TPSA) is 87.4 Å². The maximum Gasteiger partial charge on any atom is 0.419 e. The molecule has 6 nitrogen and oxygen atoms in total. The number of benzene rings is 1. The number of aliphatic hydroxyl groups is 1. The summed E-state index contributed by atoms with van der Waals surface area (Å²) in [6.07, 6.45) is -0.667. The van der Waals surface area contributed by atoms with Crippen molar-refractivity contribution in [1.82, 2.24) is 15.8 Å². The predicted molar refractivity (Wildman–Crippen MR) is 102 cm³/mol. The summed E-state index contributed by atoms with van der Waals surface area (Å²) in [4.78, 5) is 12.8. The second-order valence-electron chi connectivity index (χ2n) is 8.18. The predicted octanol–water partition coefficient (Wildman–Crippen LogP) is 3.78. The number of alkyl halides is 3. The Morgan fingerprint density at radius 1 is 1.19 bits per heavy atom. The zero-order valence-corrected chi connectivity index (χ0v) is 16.6. The molecule has 0 aliphatic heterocycles. The number of aliphatic hydroxyl groups excluding tert-OH is 1. The van der Waals surface area contributed by atoms with Gasteiger partial charge in [0.15, 0.2) is 11.5 Å². The van der Waals surface area contributed by atoms with E-state index in [0.717, 1.165) is 37.8 Å². The number of carbonyl (C=O) groups excluding carboxylic acids is 1. The van der Waals surface area contributed by atoms with Crippen LogP contribution in [0, 0.1) is 5.82 Å². The lowest BCUT2D eigenvalue weighted by molar-refractivity contribution is -0.139. The number of hydrogen-bond acceptors (Lipinski definition) is 5. The maximum absolute atomic E-state index is 14.1. The SMILES string of the molecule is O=C(N[C@@H]1CCC[C@H](O)C1)c1noc(-c2ccc(C(F)(F)F)c(F)c2)c1CNC1CC1. The molecule has 168 valence electrons. The van der Waals surface area contributed by atoms with Crippen molar-refractivity contribution in [3.8, 4) is 11.3 Å². The molecule has 2 fully saturated rings. The minimum atomic E-state index is -4.81. The van der Waals surface area contributed by atoms with Crippen molar-refractivity contribution < 1.29 is 32.0 Å². The average molecular weight is 441 g/mol. The summed E-state index contributed by atoms with van der Waals surface area (Å²) in [6, 6.07) is 2.57. The number of rotatable bonds is 6. The van der Waals surface area contributed by atoms with E-state index in [1.165, 1.54) is 0 Å². The van der Waals surface area contributed by atoms with Crippen LogP contribution < -0.4 is 10.6 Å². The molecule has 1 amide bonds. The van der Waals surface area contributed by atoms with Crippen molar-refractivity contribution in [2.24, 2.45) is 0 Å². The maximum atomic E-state index is 14.1. The number of nitrogens with one attached hydrogen (secondary N) is 2. The van der Waals surface area contributed by atoms with E-state index in [1.807, 2.05) is 0 Å². The number of aromatic nitrogens is 1. The molecule has 10 heteroatoms. The van der Waals surface area contributed by atoms with Gasteiger partial charge in [-0.1, -0.05) is 11.2 Å². The fraction of sp³-hybridized carbons (Fsp3) is 0.524. The van der Waals surface area contributed by atoms with Crippen molar-refractivity contribution in [3.63, 3.8) is 0 Å². The number of nitrogens with zero attached hydrogens (tertiary/aromatic N) is 1. The molecule has 1 heterocycles. The standard InChI is InChI=1S/C21H23F4N3O3/c22-17-8-11(4-7-16(17)21(23,24)25)19-15(10-26-12-5-6-12)18(28-31-19)20(30)27-13-2-1-3-14(29)9-13/h4,7-8,12-14,26,29H,1-3,5-6,9-10H2,(H,27,30)/t13-,14+/m1/s1. The molecule has 3 N–H and O–H groups in total. The summed E-state index contributed by atoms with van der Waals surface area (Å²) < 4.78 is 58.0. The molecule has 2 atom stereocenters. The third-order valence-electron chi connectivity index (χ3n) is 5.67. The van der Waals surface area contributed by atoms with Gasteiger partial charge in [0, 0.05) is 29.8 Å². The first kappa shape index (κ1) is 21.8. The highest BCUT2D eigenvalue weighted by Crippen LogP contribution is 2.35. The van der Waals surface area contributed by atoms with Gasteiger partial charge in [-0.3, -0.25) is 4.79 Å². The number of hydrogen-bond donors (Lipinski definition) is 3. The average Bonchev–Trinajstić information content (AvgIpc) is 3.42. The lowest BCUT2D eigenvalue weighted by Gasteiger charge is -2.26. The minimum Gasteiger partial charge on any atom is -0.393 e. The molecule has 1 aromatic heterocycles. The summed E-state index contributed by atoms with van der Waals surface area (Å²) in [5, 5.41) is 19.7. The molecule has 2 saturated carbocycles. The highest BCUT2D eigenvalue weighted by molar-refractivity contribution is 5.95. The summed E-state index contributed by atoms with van der Waals surface area (Å²) in [7, 11) is 0. The van der Waals surface area contributed by atoms with Gasteiger partial charge in [0.2, 0.25) is 0 Å². The van der Waals surface area contributed by atoms with Crippen molar-refractivity contribution in [2.75, 3.05) is 0 Å². The zero-order valence-electron chi connectivity index (χ0n) is 16.6. The highest BCUT2D eigenvalue weighted by Gasteiger charge is 2.35. The summed E-state index contributed by atoms with van der Waals surface area (Å²) >= 11 is 0. The smallest absolute Gasteiger partial charge is 0.393 e. The van der Waals surface area contributed by atoms with Crippen LogP contribution in [-0.2, 0) is 12.7 Å².